The van der Waals surface area contributed by atoms with E-state index in [1.54, 1.807) is 7.11 Å². The quantitative estimate of drug-likeness (QED) is 0.758. The maximum Gasteiger partial charge on any atom is 0.305 e. The Balaban J connectivity index is 2.44. The predicted molar refractivity (Wildman–Crippen MR) is 73.5 cm³/mol. The second-order valence-corrected chi connectivity index (χ2v) is 4.35. The molecule has 0 aliphatic rings. The highest BCUT2D eigenvalue weighted by Crippen LogP contribution is 2.18. The third-order valence-electron chi connectivity index (χ3n) is 2.91. The van der Waals surface area contributed by atoms with Gasteiger partial charge in [-0.2, -0.15) is 0 Å². The van der Waals surface area contributed by atoms with Crippen LogP contribution in [0.1, 0.15) is 12.8 Å². The van der Waals surface area contributed by atoms with Crippen molar-refractivity contribution in [2.45, 2.75) is 18.9 Å². The molecule has 19 heavy (non-hydrogen) atoms. The first-order valence-electron chi connectivity index (χ1n) is 6.17. The van der Waals surface area contributed by atoms with Crippen molar-refractivity contribution < 1.29 is 19.4 Å². The molecule has 1 N–H and O–H groups in total. The summed E-state index contributed by atoms with van der Waals surface area (Å²) in [5.74, 6) is 0.495. The van der Waals surface area contributed by atoms with Crippen LogP contribution < -0.4 is 9.64 Å². The summed E-state index contributed by atoms with van der Waals surface area (Å²) in [6, 6.07) is 7.58. The number of hydrogen-bond donors (Lipinski definition) is 1. The van der Waals surface area contributed by atoms with E-state index < -0.39 is 6.10 Å². The van der Waals surface area contributed by atoms with E-state index in [-0.39, 0.29) is 12.4 Å². The lowest BCUT2D eigenvalue weighted by Crippen LogP contribution is -2.29. The summed E-state index contributed by atoms with van der Waals surface area (Å²) in [4.78, 5) is 12.9. The molecule has 1 rings (SSSR count). The molecule has 5 nitrogen and oxygen atoms in total. The van der Waals surface area contributed by atoms with Gasteiger partial charge in [-0.15, -0.1) is 0 Å². The monoisotopic (exact) mass is 267 g/mol. The minimum Gasteiger partial charge on any atom is -0.497 e. The first-order valence-corrected chi connectivity index (χ1v) is 6.17. The topological polar surface area (TPSA) is 59.0 Å². The first-order chi connectivity index (χ1) is 9.06. The molecule has 5 heteroatoms. The third kappa shape index (κ3) is 5.18. The van der Waals surface area contributed by atoms with Crippen LogP contribution in [0.15, 0.2) is 24.3 Å². The van der Waals surface area contributed by atoms with Gasteiger partial charge < -0.3 is 19.5 Å². The molecule has 0 saturated carbocycles. The standard InChI is InChI=1S/C14H21NO4/c1-15(10-12(16)6-9-14(17)19-3)11-4-7-13(18-2)8-5-11/h4-5,7-8,12,16H,6,9-10H2,1-3H3. The van der Waals surface area contributed by atoms with Gasteiger partial charge in [0.05, 0.1) is 20.3 Å². The van der Waals surface area contributed by atoms with Gasteiger partial charge in [0.25, 0.3) is 0 Å². The largest absolute Gasteiger partial charge is 0.497 e. The number of methoxy groups -OCH3 is 2. The summed E-state index contributed by atoms with van der Waals surface area (Å²) < 4.78 is 9.63. The molecule has 1 aromatic rings. The number of carbonyl (C=O) groups excluding carboxylic acids is 1. The maximum atomic E-state index is 11.0. The minimum atomic E-state index is -0.564. The van der Waals surface area contributed by atoms with Crippen molar-refractivity contribution in [1.29, 1.82) is 0 Å². The molecule has 1 aromatic carbocycles. The van der Waals surface area contributed by atoms with E-state index in [1.165, 1.54) is 7.11 Å². The molecule has 0 saturated heterocycles. The van der Waals surface area contributed by atoms with Gasteiger partial charge in [0.2, 0.25) is 0 Å². The molecule has 0 aromatic heterocycles. The number of benzene rings is 1. The van der Waals surface area contributed by atoms with Crippen LogP contribution in [0.2, 0.25) is 0 Å². The summed E-state index contributed by atoms with van der Waals surface area (Å²) >= 11 is 0. The lowest BCUT2D eigenvalue weighted by Gasteiger charge is -2.22. The van der Waals surface area contributed by atoms with Crippen LogP contribution in [0.5, 0.6) is 5.75 Å². The van der Waals surface area contributed by atoms with Crippen molar-refractivity contribution in [3.05, 3.63) is 24.3 Å². The summed E-state index contributed by atoms with van der Waals surface area (Å²) in [5.41, 5.74) is 0.984. The SMILES string of the molecule is COC(=O)CCC(O)CN(C)c1ccc(OC)cc1. The number of aliphatic hydroxyl groups excluding tert-OH is 1. The Labute approximate surface area is 113 Å². The molecule has 0 radical (unpaired) electrons. The van der Waals surface area contributed by atoms with Gasteiger partial charge in [-0.25, -0.2) is 0 Å². The van der Waals surface area contributed by atoms with Crippen LogP contribution >= 0.6 is 0 Å². The number of hydrogen-bond acceptors (Lipinski definition) is 5. The van der Waals surface area contributed by atoms with E-state index in [4.69, 9.17) is 4.74 Å². The Morgan fingerprint density at radius 1 is 1.32 bits per heavy atom. The Morgan fingerprint density at radius 2 is 1.95 bits per heavy atom. The maximum absolute atomic E-state index is 11.0. The molecule has 0 amide bonds. The van der Waals surface area contributed by atoms with E-state index in [2.05, 4.69) is 4.74 Å². The lowest BCUT2D eigenvalue weighted by molar-refractivity contribution is -0.141. The highest BCUT2D eigenvalue weighted by Gasteiger charge is 2.11. The molecular weight excluding hydrogens is 246 g/mol. The van der Waals surface area contributed by atoms with Crippen molar-refractivity contribution >= 4 is 11.7 Å². The number of rotatable bonds is 7. The average molecular weight is 267 g/mol. The van der Waals surface area contributed by atoms with Crippen molar-refractivity contribution in [2.24, 2.45) is 0 Å². The third-order valence-corrected chi connectivity index (χ3v) is 2.91. The minimum absolute atomic E-state index is 0.230. The number of anilines is 1. The normalized spacial score (nSPS) is 11.8. The van der Waals surface area contributed by atoms with E-state index in [0.717, 1.165) is 11.4 Å². The molecule has 0 aliphatic carbocycles. The van der Waals surface area contributed by atoms with Crippen LogP contribution in [0.4, 0.5) is 5.69 Å². The lowest BCUT2D eigenvalue weighted by atomic mass is 10.2. The Bertz CT molecular complexity index is 391. The summed E-state index contributed by atoms with van der Waals surface area (Å²) in [7, 11) is 4.86. The smallest absolute Gasteiger partial charge is 0.305 e. The molecule has 0 aliphatic heterocycles. The van der Waals surface area contributed by atoms with Crippen molar-refractivity contribution in [3.63, 3.8) is 0 Å². The number of aliphatic hydroxyl groups is 1. The zero-order valence-electron chi connectivity index (χ0n) is 11.6. The number of esters is 1. The molecule has 106 valence electrons. The second-order valence-electron chi connectivity index (χ2n) is 4.35. The van der Waals surface area contributed by atoms with Gasteiger partial charge in [0, 0.05) is 25.7 Å². The number of likely N-dealkylation sites (N-methyl/N-ethyl adjacent to an activating group) is 1. The summed E-state index contributed by atoms with van der Waals surface area (Å²) in [6.07, 6.45) is 0.0626. The van der Waals surface area contributed by atoms with E-state index in [0.29, 0.717) is 13.0 Å². The van der Waals surface area contributed by atoms with Gasteiger partial charge in [0.1, 0.15) is 5.75 Å². The van der Waals surface area contributed by atoms with Crippen LogP contribution in [-0.2, 0) is 9.53 Å². The van der Waals surface area contributed by atoms with Gasteiger partial charge in [-0.3, -0.25) is 4.79 Å². The zero-order chi connectivity index (χ0) is 14.3. The predicted octanol–water partition coefficient (Wildman–Crippen LogP) is 1.45. The van der Waals surface area contributed by atoms with E-state index in [9.17, 15) is 9.90 Å². The number of nitrogens with zero attached hydrogens (tertiary/aromatic N) is 1. The van der Waals surface area contributed by atoms with Crippen molar-refractivity contribution in [3.8, 4) is 5.75 Å². The van der Waals surface area contributed by atoms with E-state index in [1.807, 2.05) is 36.2 Å². The summed E-state index contributed by atoms with van der Waals surface area (Å²) in [6.45, 7) is 0.462. The van der Waals surface area contributed by atoms with Crippen LogP contribution in [0.3, 0.4) is 0 Å². The zero-order valence-corrected chi connectivity index (χ0v) is 11.6. The van der Waals surface area contributed by atoms with Crippen LogP contribution in [0.25, 0.3) is 0 Å². The molecule has 0 fully saturated rings. The van der Waals surface area contributed by atoms with Gasteiger partial charge in [-0.1, -0.05) is 0 Å². The van der Waals surface area contributed by atoms with Gasteiger partial charge >= 0.3 is 5.97 Å². The van der Waals surface area contributed by atoms with Gasteiger partial charge in [-0.05, 0) is 30.7 Å². The molecular formula is C14H21NO4. The Kier molecular flexibility index (Phi) is 6.15. The number of ether oxygens (including phenoxy) is 2. The molecule has 0 spiro atoms. The number of carbonyl (C=O) groups is 1. The fourth-order valence-electron chi connectivity index (χ4n) is 1.74. The molecule has 1 unspecified atom stereocenters. The highest BCUT2D eigenvalue weighted by molar-refractivity contribution is 5.69. The van der Waals surface area contributed by atoms with Crippen molar-refractivity contribution in [1.82, 2.24) is 0 Å². The van der Waals surface area contributed by atoms with Gasteiger partial charge in [0.15, 0.2) is 0 Å². The summed E-state index contributed by atoms with van der Waals surface area (Å²) in [5, 5.41) is 9.85. The fraction of sp³-hybridized carbons (Fsp3) is 0.500. The molecule has 0 heterocycles. The Hall–Kier alpha value is -1.75. The second kappa shape index (κ2) is 7.63. The van der Waals surface area contributed by atoms with Crippen LogP contribution in [0, 0.1) is 0 Å². The van der Waals surface area contributed by atoms with Crippen molar-refractivity contribution in [2.75, 3.05) is 32.7 Å². The van der Waals surface area contributed by atoms with E-state index >= 15 is 0 Å². The Morgan fingerprint density at radius 3 is 2.47 bits per heavy atom. The fourth-order valence-corrected chi connectivity index (χ4v) is 1.74. The highest BCUT2D eigenvalue weighted by atomic mass is 16.5. The average Bonchev–Trinajstić information content (AvgIpc) is 2.44. The van der Waals surface area contributed by atoms with Crippen LogP contribution in [-0.4, -0.2) is 45.0 Å². The molecule has 0 bridgehead atoms. The first kappa shape index (κ1) is 15.3. The molecule has 1 atom stereocenters.